The largest absolute Gasteiger partial charge is 0.319 e. The molecule has 0 aromatic carbocycles. The molecular formula is C6H14N2. The smallest absolute Gasteiger partial charge is 0.000790 e. The molecule has 0 amide bonds. The van der Waals surface area contributed by atoms with Crippen LogP contribution in [0.4, 0.5) is 0 Å². The molecule has 1 fully saturated rings. The predicted octanol–water partition coefficient (Wildman–Crippen LogP) is -0.185. The monoisotopic (exact) mass is 114 g/mol. The summed E-state index contributed by atoms with van der Waals surface area (Å²) in [7, 11) is 2.01. The van der Waals surface area contributed by atoms with E-state index in [9.17, 15) is 0 Å². The first kappa shape index (κ1) is 6.05. The summed E-state index contributed by atoms with van der Waals surface area (Å²) in [4.78, 5) is 0. The highest BCUT2D eigenvalue weighted by molar-refractivity contribution is 4.71. The maximum atomic E-state index is 3.32. The van der Waals surface area contributed by atoms with E-state index in [1.54, 1.807) is 0 Å². The SMILES string of the molecule is CNCC1CCNC1. The highest BCUT2D eigenvalue weighted by Gasteiger charge is 2.11. The second-order valence-corrected chi connectivity index (χ2v) is 2.42. The molecule has 1 aliphatic heterocycles. The summed E-state index contributed by atoms with van der Waals surface area (Å²) < 4.78 is 0. The van der Waals surface area contributed by atoms with Crippen LogP contribution in [0, 0.1) is 5.92 Å². The lowest BCUT2D eigenvalue weighted by Crippen LogP contribution is -2.20. The average Bonchev–Trinajstić information content (AvgIpc) is 2.19. The first-order valence-corrected chi connectivity index (χ1v) is 3.29. The van der Waals surface area contributed by atoms with Gasteiger partial charge >= 0.3 is 0 Å². The van der Waals surface area contributed by atoms with Crippen LogP contribution in [-0.4, -0.2) is 26.7 Å². The molecule has 0 aromatic heterocycles. The maximum Gasteiger partial charge on any atom is -0.000790 e. The van der Waals surface area contributed by atoms with Crippen LogP contribution in [0.2, 0.25) is 0 Å². The number of hydrogen-bond donors (Lipinski definition) is 2. The van der Waals surface area contributed by atoms with Crippen molar-refractivity contribution in [3.63, 3.8) is 0 Å². The van der Waals surface area contributed by atoms with Gasteiger partial charge < -0.3 is 10.6 Å². The van der Waals surface area contributed by atoms with E-state index in [1.807, 2.05) is 7.05 Å². The Bertz CT molecular complexity index is 57.5. The number of rotatable bonds is 2. The Morgan fingerprint density at radius 1 is 1.75 bits per heavy atom. The molecule has 1 heterocycles. The Hall–Kier alpha value is -0.0800. The van der Waals surface area contributed by atoms with Gasteiger partial charge in [-0.15, -0.1) is 0 Å². The van der Waals surface area contributed by atoms with Crippen molar-refractivity contribution in [3.05, 3.63) is 0 Å². The van der Waals surface area contributed by atoms with E-state index in [0.717, 1.165) is 5.92 Å². The van der Waals surface area contributed by atoms with Gasteiger partial charge in [-0.2, -0.15) is 0 Å². The molecule has 0 saturated carbocycles. The molecule has 0 aliphatic carbocycles. The van der Waals surface area contributed by atoms with Gasteiger partial charge in [0, 0.05) is 0 Å². The van der Waals surface area contributed by atoms with E-state index in [4.69, 9.17) is 0 Å². The van der Waals surface area contributed by atoms with Crippen LogP contribution in [-0.2, 0) is 0 Å². The first-order valence-electron chi connectivity index (χ1n) is 3.29. The summed E-state index contributed by atoms with van der Waals surface area (Å²) in [5.41, 5.74) is 0. The van der Waals surface area contributed by atoms with E-state index >= 15 is 0 Å². The lowest BCUT2D eigenvalue weighted by Gasteiger charge is -2.04. The van der Waals surface area contributed by atoms with Crippen LogP contribution in [0.25, 0.3) is 0 Å². The minimum absolute atomic E-state index is 0.889. The van der Waals surface area contributed by atoms with Crippen LogP contribution in [0.15, 0.2) is 0 Å². The fourth-order valence-corrected chi connectivity index (χ4v) is 1.18. The predicted molar refractivity (Wildman–Crippen MR) is 34.9 cm³/mol. The van der Waals surface area contributed by atoms with Gasteiger partial charge in [-0.25, -0.2) is 0 Å². The van der Waals surface area contributed by atoms with Crippen molar-refractivity contribution in [2.24, 2.45) is 5.92 Å². The average molecular weight is 114 g/mol. The standard InChI is InChI=1S/C6H14N2/c1-7-4-6-2-3-8-5-6/h6-8H,2-5H2,1H3. The third-order valence-corrected chi connectivity index (χ3v) is 1.66. The van der Waals surface area contributed by atoms with E-state index in [-0.39, 0.29) is 0 Å². The summed E-state index contributed by atoms with van der Waals surface area (Å²) >= 11 is 0. The fraction of sp³-hybridized carbons (Fsp3) is 1.00. The third-order valence-electron chi connectivity index (χ3n) is 1.66. The van der Waals surface area contributed by atoms with Gasteiger partial charge in [-0.05, 0) is 39.0 Å². The van der Waals surface area contributed by atoms with Crippen molar-refractivity contribution < 1.29 is 0 Å². The van der Waals surface area contributed by atoms with Crippen LogP contribution >= 0.6 is 0 Å². The van der Waals surface area contributed by atoms with Crippen LogP contribution < -0.4 is 10.6 Å². The van der Waals surface area contributed by atoms with Gasteiger partial charge in [-0.3, -0.25) is 0 Å². The fourth-order valence-electron chi connectivity index (χ4n) is 1.18. The molecule has 1 aliphatic rings. The van der Waals surface area contributed by atoms with E-state index < -0.39 is 0 Å². The minimum Gasteiger partial charge on any atom is -0.319 e. The second-order valence-electron chi connectivity index (χ2n) is 2.42. The van der Waals surface area contributed by atoms with Crippen molar-refractivity contribution in [1.29, 1.82) is 0 Å². The Labute approximate surface area is 50.7 Å². The molecule has 1 saturated heterocycles. The summed E-state index contributed by atoms with van der Waals surface area (Å²) in [5.74, 6) is 0.889. The first-order chi connectivity index (χ1) is 3.93. The number of nitrogens with one attached hydrogen (secondary N) is 2. The highest BCUT2D eigenvalue weighted by Crippen LogP contribution is 2.04. The van der Waals surface area contributed by atoms with Gasteiger partial charge in [0.25, 0.3) is 0 Å². The Balaban J connectivity index is 2.06. The lowest BCUT2D eigenvalue weighted by molar-refractivity contribution is 0.544. The molecule has 2 nitrogen and oxygen atoms in total. The van der Waals surface area contributed by atoms with Gasteiger partial charge in [0.05, 0.1) is 0 Å². The minimum atomic E-state index is 0.889. The molecule has 8 heavy (non-hydrogen) atoms. The van der Waals surface area contributed by atoms with Crippen molar-refractivity contribution in [2.45, 2.75) is 6.42 Å². The zero-order chi connectivity index (χ0) is 5.82. The van der Waals surface area contributed by atoms with Crippen LogP contribution in [0.5, 0.6) is 0 Å². The molecule has 0 aromatic rings. The molecule has 48 valence electrons. The van der Waals surface area contributed by atoms with Gasteiger partial charge in [0.2, 0.25) is 0 Å². The number of hydrogen-bond acceptors (Lipinski definition) is 2. The summed E-state index contributed by atoms with van der Waals surface area (Å²) in [6.07, 6.45) is 1.35. The zero-order valence-electron chi connectivity index (χ0n) is 5.41. The molecule has 0 bridgehead atoms. The summed E-state index contributed by atoms with van der Waals surface area (Å²) in [5, 5.41) is 6.49. The topological polar surface area (TPSA) is 24.1 Å². The Kier molecular flexibility index (Phi) is 2.30. The van der Waals surface area contributed by atoms with E-state index in [2.05, 4.69) is 10.6 Å². The van der Waals surface area contributed by atoms with Gasteiger partial charge in [-0.1, -0.05) is 0 Å². The maximum absolute atomic E-state index is 3.32. The van der Waals surface area contributed by atoms with Crippen LogP contribution in [0.3, 0.4) is 0 Å². The molecule has 2 N–H and O–H groups in total. The Morgan fingerprint density at radius 2 is 2.62 bits per heavy atom. The van der Waals surface area contributed by atoms with Crippen molar-refractivity contribution in [1.82, 2.24) is 10.6 Å². The second kappa shape index (κ2) is 3.05. The lowest BCUT2D eigenvalue weighted by atomic mass is 10.1. The van der Waals surface area contributed by atoms with Crippen molar-refractivity contribution in [3.8, 4) is 0 Å². The zero-order valence-corrected chi connectivity index (χ0v) is 5.41. The Morgan fingerprint density at radius 3 is 3.12 bits per heavy atom. The van der Waals surface area contributed by atoms with E-state index in [0.29, 0.717) is 0 Å². The normalized spacial score (nSPS) is 28.9. The van der Waals surface area contributed by atoms with E-state index in [1.165, 1.54) is 26.1 Å². The molecule has 0 spiro atoms. The molecule has 2 heteroatoms. The third kappa shape index (κ3) is 1.46. The van der Waals surface area contributed by atoms with Gasteiger partial charge in [0.1, 0.15) is 0 Å². The molecule has 1 rings (SSSR count). The molecular weight excluding hydrogens is 100 g/mol. The van der Waals surface area contributed by atoms with Crippen molar-refractivity contribution in [2.75, 3.05) is 26.7 Å². The quantitative estimate of drug-likeness (QED) is 0.520. The van der Waals surface area contributed by atoms with Crippen LogP contribution in [0.1, 0.15) is 6.42 Å². The highest BCUT2D eigenvalue weighted by atomic mass is 14.9. The summed E-state index contributed by atoms with van der Waals surface area (Å²) in [6.45, 7) is 3.60. The molecule has 1 atom stereocenters. The van der Waals surface area contributed by atoms with Crippen molar-refractivity contribution >= 4 is 0 Å². The van der Waals surface area contributed by atoms with Gasteiger partial charge in [0.15, 0.2) is 0 Å². The summed E-state index contributed by atoms with van der Waals surface area (Å²) in [6, 6.07) is 0. The molecule has 1 unspecified atom stereocenters. The molecule has 0 radical (unpaired) electrons.